The molecule has 24 heavy (non-hydrogen) atoms. The average molecular weight is 352 g/mol. The number of carboxylic acid groups (broad SMARTS) is 1. The zero-order valence-corrected chi connectivity index (χ0v) is 14.7. The van der Waals surface area contributed by atoms with Crippen LogP contribution in [0.3, 0.4) is 0 Å². The number of carbonyl (C=O) groups is 1. The standard InChI is InChI=1S/C18H22ClNO4/c1-10-13(24-9-14(21)22)7-11-8-18(2,12-5-3-4-6-12)17(20-23)15(11)16(10)19/h7,12,23H,3-6,8-9H2,1-2H3,(H,21,22)/b20-17+. The largest absolute Gasteiger partial charge is 0.482 e. The number of benzene rings is 1. The molecule has 2 N–H and O–H groups in total. The molecule has 1 fully saturated rings. The van der Waals surface area contributed by atoms with Crippen molar-refractivity contribution >= 4 is 23.3 Å². The first-order valence-corrected chi connectivity index (χ1v) is 8.65. The Bertz CT molecular complexity index is 709. The van der Waals surface area contributed by atoms with Crippen LogP contribution in [0.15, 0.2) is 11.2 Å². The van der Waals surface area contributed by atoms with Crippen molar-refractivity contribution in [2.24, 2.45) is 16.5 Å². The zero-order valence-electron chi connectivity index (χ0n) is 13.9. The average Bonchev–Trinajstić information content (AvgIpc) is 3.15. The lowest BCUT2D eigenvalue weighted by Crippen LogP contribution is -2.32. The van der Waals surface area contributed by atoms with Crippen LogP contribution in [0.4, 0.5) is 0 Å². The number of nitrogens with zero attached hydrogens (tertiary/aromatic N) is 1. The van der Waals surface area contributed by atoms with Gasteiger partial charge in [0, 0.05) is 16.5 Å². The second-order valence-electron chi connectivity index (χ2n) is 7.05. The Labute approximate surface area is 146 Å². The van der Waals surface area contributed by atoms with E-state index in [1.54, 1.807) is 6.92 Å². The minimum absolute atomic E-state index is 0.241. The van der Waals surface area contributed by atoms with Crippen LogP contribution in [-0.2, 0) is 11.2 Å². The quantitative estimate of drug-likeness (QED) is 0.633. The Hall–Kier alpha value is -1.75. The number of hydrogen-bond acceptors (Lipinski definition) is 4. The molecule has 0 aliphatic heterocycles. The Morgan fingerprint density at radius 3 is 2.71 bits per heavy atom. The van der Waals surface area contributed by atoms with Crippen molar-refractivity contribution in [2.75, 3.05) is 6.61 Å². The Morgan fingerprint density at radius 1 is 1.46 bits per heavy atom. The van der Waals surface area contributed by atoms with E-state index in [4.69, 9.17) is 21.4 Å². The fourth-order valence-electron chi connectivity index (χ4n) is 4.29. The van der Waals surface area contributed by atoms with E-state index in [0.29, 0.717) is 28.0 Å². The summed E-state index contributed by atoms with van der Waals surface area (Å²) in [7, 11) is 0. The van der Waals surface area contributed by atoms with E-state index in [0.717, 1.165) is 30.4 Å². The van der Waals surface area contributed by atoms with E-state index in [2.05, 4.69) is 12.1 Å². The number of oxime groups is 1. The molecule has 1 aromatic carbocycles. The molecular weight excluding hydrogens is 330 g/mol. The lowest BCUT2D eigenvalue weighted by Gasteiger charge is -2.31. The van der Waals surface area contributed by atoms with Crippen LogP contribution in [0.5, 0.6) is 5.75 Å². The lowest BCUT2D eigenvalue weighted by atomic mass is 9.72. The molecule has 2 aliphatic carbocycles. The molecule has 5 nitrogen and oxygen atoms in total. The van der Waals surface area contributed by atoms with Crippen LogP contribution in [-0.4, -0.2) is 28.6 Å². The number of hydrogen-bond donors (Lipinski definition) is 2. The van der Waals surface area contributed by atoms with Crippen molar-refractivity contribution in [3.63, 3.8) is 0 Å². The van der Waals surface area contributed by atoms with Crippen molar-refractivity contribution in [1.29, 1.82) is 0 Å². The highest BCUT2D eigenvalue weighted by Crippen LogP contribution is 2.51. The molecular formula is C18H22ClNO4. The van der Waals surface area contributed by atoms with Crippen LogP contribution in [0.1, 0.15) is 49.3 Å². The van der Waals surface area contributed by atoms with Crippen molar-refractivity contribution < 1.29 is 19.8 Å². The summed E-state index contributed by atoms with van der Waals surface area (Å²) in [6, 6.07) is 1.85. The summed E-state index contributed by atoms with van der Waals surface area (Å²) < 4.78 is 5.38. The molecule has 3 rings (SSSR count). The van der Waals surface area contributed by atoms with Crippen molar-refractivity contribution in [2.45, 2.75) is 46.0 Å². The van der Waals surface area contributed by atoms with E-state index in [1.165, 1.54) is 12.8 Å². The summed E-state index contributed by atoms with van der Waals surface area (Å²) in [5.41, 5.74) is 2.84. The summed E-state index contributed by atoms with van der Waals surface area (Å²) in [5.74, 6) is -0.0795. The molecule has 1 aromatic rings. The molecule has 0 spiro atoms. The predicted molar refractivity (Wildman–Crippen MR) is 91.4 cm³/mol. The van der Waals surface area contributed by atoms with Crippen molar-refractivity contribution in [3.05, 3.63) is 27.8 Å². The maximum Gasteiger partial charge on any atom is 0.341 e. The summed E-state index contributed by atoms with van der Waals surface area (Å²) in [6.45, 7) is 3.53. The number of halogens is 1. The van der Waals surface area contributed by atoms with Gasteiger partial charge in [-0.3, -0.25) is 0 Å². The molecule has 0 aromatic heterocycles. The van der Waals surface area contributed by atoms with Crippen LogP contribution in [0, 0.1) is 18.3 Å². The van der Waals surface area contributed by atoms with Gasteiger partial charge < -0.3 is 15.1 Å². The number of carboxylic acids is 1. The van der Waals surface area contributed by atoms with Gasteiger partial charge in [-0.1, -0.05) is 36.5 Å². The number of fused-ring (bicyclic) bond motifs is 1. The highest BCUT2D eigenvalue weighted by molar-refractivity contribution is 6.36. The zero-order chi connectivity index (χ0) is 17.5. The molecule has 2 aliphatic rings. The molecule has 1 saturated carbocycles. The fraction of sp³-hybridized carbons (Fsp3) is 0.556. The SMILES string of the molecule is Cc1c(OCC(=O)O)cc2c(c1Cl)/C(=N\O)C(C)(C1CCCC1)C2. The first-order valence-electron chi connectivity index (χ1n) is 8.28. The summed E-state index contributed by atoms with van der Waals surface area (Å²) in [6.07, 6.45) is 5.39. The summed E-state index contributed by atoms with van der Waals surface area (Å²) >= 11 is 6.55. The number of rotatable bonds is 4. The molecule has 130 valence electrons. The van der Waals surface area contributed by atoms with Gasteiger partial charge in [0.1, 0.15) is 5.75 Å². The highest BCUT2D eigenvalue weighted by Gasteiger charge is 2.48. The molecule has 0 bridgehead atoms. The van der Waals surface area contributed by atoms with E-state index in [1.807, 2.05) is 6.07 Å². The first-order chi connectivity index (χ1) is 11.4. The molecule has 0 amide bonds. The van der Waals surface area contributed by atoms with E-state index < -0.39 is 12.6 Å². The minimum Gasteiger partial charge on any atom is -0.482 e. The van der Waals surface area contributed by atoms with Gasteiger partial charge in [-0.25, -0.2) is 4.79 Å². The molecule has 0 heterocycles. The van der Waals surface area contributed by atoms with Crippen LogP contribution in [0.25, 0.3) is 0 Å². The molecule has 0 saturated heterocycles. The highest BCUT2D eigenvalue weighted by atomic mass is 35.5. The number of aliphatic carboxylic acids is 1. The Morgan fingerprint density at radius 2 is 2.12 bits per heavy atom. The van der Waals surface area contributed by atoms with Gasteiger partial charge in [-0.15, -0.1) is 0 Å². The molecule has 0 radical (unpaired) electrons. The van der Waals surface area contributed by atoms with E-state index in [9.17, 15) is 10.0 Å². The second-order valence-corrected chi connectivity index (χ2v) is 7.43. The number of ether oxygens (including phenoxy) is 1. The smallest absolute Gasteiger partial charge is 0.341 e. The first kappa shape index (κ1) is 17.1. The van der Waals surface area contributed by atoms with Gasteiger partial charge in [-0.2, -0.15) is 0 Å². The topological polar surface area (TPSA) is 79.1 Å². The van der Waals surface area contributed by atoms with Crippen molar-refractivity contribution in [1.82, 2.24) is 0 Å². The predicted octanol–water partition coefficient (Wildman–Crippen LogP) is 4.04. The van der Waals surface area contributed by atoms with Crippen LogP contribution >= 0.6 is 11.6 Å². The minimum atomic E-state index is -1.03. The molecule has 6 heteroatoms. The fourth-order valence-corrected chi connectivity index (χ4v) is 4.59. The normalized spacial score (nSPS) is 25.2. The summed E-state index contributed by atoms with van der Waals surface area (Å²) in [4.78, 5) is 10.8. The maximum absolute atomic E-state index is 10.8. The van der Waals surface area contributed by atoms with Gasteiger partial charge in [0.15, 0.2) is 6.61 Å². The van der Waals surface area contributed by atoms with Gasteiger partial charge in [-0.05, 0) is 43.7 Å². The van der Waals surface area contributed by atoms with E-state index in [-0.39, 0.29) is 5.41 Å². The second kappa shape index (κ2) is 6.28. The lowest BCUT2D eigenvalue weighted by molar-refractivity contribution is -0.139. The Kier molecular flexibility index (Phi) is 4.47. The maximum atomic E-state index is 10.8. The third-order valence-corrected chi connectivity index (χ3v) is 6.06. The van der Waals surface area contributed by atoms with Gasteiger partial charge >= 0.3 is 5.97 Å². The molecule has 1 unspecified atom stereocenters. The van der Waals surface area contributed by atoms with Crippen LogP contribution < -0.4 is 4.74 Å². The van der Waals surface area contributed by atoms with Gasteiger partial charge in [0.2, 0.25) is 0 Å². The van der Waals surface area contributed by atoms with Crippen molar-refractivity contribution in [3.8, 4) is 5.75 Å². The molecule has 1 atom stereocenters. The van der Waals surface area contributed by atoms with Gasteiger partial charge in [0.05, 0.1) is 10.7 Å². The monoisotopic (exact) mass is 351 g/mol. The third kappa shape index (κ3) is 2.65. The Balaban J connectivity index is 2.03. The van der Waals surface area contributed by atoms with Gasteiger partial charge in [0.25, 0.3) is 0 Å². The third-order valence-electron chi connectivity index (χ3n) is 5.59. The summed E-state index contributed by atoms with van der Waals surface area (Å²) in [5, 5.41) is 22.6. The van der Waals surface area contributed by atoms with Crippen LogP contribution in [0.2, 0.25) is 5.02 Å². The van der Waals surface area contributed by atoms with E-state index >= 15 is 0 Å².